The van der Waals surface area contributed by atoms with Crippen LogP contribution in [0.3, 0.4) is 0 Å². The van der Waals surface area contributed by atoms with E-state index < -0.39 is 23.7 Å². The van der Waals surface area contributed by atoms with Gasteiger partial charge in [0.1, 0.15) is 11.9 Å². The van der Waals surface area contributed by atoms with Crippen molar-refractivity contribution in [2.24, 2.45) is 0 Å². The van der Waals surface area contributed by atoms with Crippen molar-refractivity contribution < 1.29 is 19.1 Å². The predicted octanol–water partition coefficient (Wildman–Crippen LogP) is 3.55. The van der Waals surface area contributed by atoms with Gasteiger partial charge in [0.15, 0.2) is 0 Å². The fourth-order valence-electron chi connectivity index (χ4n) is 2.46. The molecular formula is C20H22FNO3. The molecule has 0 aliphatic carbocycles. The molecule has 0 bridgehead atoms. The van der Waals surface area contributed by atoms with Gasteiger partial charge in [-0.05, 0) is 40.8 Å². The van der Waals surface area contributed by atoms with Crippen LogP contribution < -0.4 is 5.32 Å². The number of aliphatic carboxylic acids is 1. The van der Waals surface area contributed by atoms with Gasteiger partial charge in [-0.2, -0.15) is 0 Å². The lowest BCUT2D eigenvalue weighted by atomic mass is 9.86. The van der Waals surface area contributed by atoms with E-state index in [1.54, 1.807) is 18.2 Å². The molecule has 1 atom stereocenters. The van der Waals surface area contributed by atoms with Crippen LogP contribution in [0.4, 0.5) is 4.39 Å². The molecule has 2 N–H and O–H groups in total. The average molecular weight is 343 g/mol. The molecule has 132 valence electrons. The molecule has 2 aromatic rings. The third-order valence-electron chi connectivity index (χ3n) is 3.95. The van der Waals surface area contributed by atoms with Gasteiger partial charge in [-0.15, -0.1) is 0 Å². The van der Waals surface area contributed by atoms with E-state index in [4.69, 9.17) is 0 Å². The van der Waals surface area contributed by atoms with Gasteiger partial charge in [0, 0.05) is 12.0 Å². The largest absolute Gasteiger partial charge is 0.480 e. The van der Waals surface area contributed by atoms with Crippen LogP contribution in [0.5, 0.6) is 0 Å². The van der Waals surface area contributed by atoms with Crippen molar-refractivity contribution in [2.75, 3.05) is 0 Å². The molecular weight excluding hydrogens is 321 g/mol. The lowest BCUT2D eigenvalue weighted by Crippen LogP contribution is -2.42. The van der Waals surface area contributed by atoms with E-state index in [2.05, 4.69) is 26.1 Å². The van der Waals surface area contributed by atoms with Crippen molar-refractivity contribution in [1.29, 1.82) is 0 Å². The zero-order chi connectivity index (χ0) is 18.6. The summed E-state index contributed by atoms with van der Waals surface area (Å²) in [4.78, 5) is 23.8. The van der Waals surface area contributed by atoms with E-state index in [1.807, 2.05) is 12.1 Å². The Morgan fingerprint density at radius 3 is 2.28 bits per heavy atom. The second kappa shape index (κ2) is 7.47. The molecule has 0 aromatic heterocycles. The highest BCUT2D eigenvalue weighted by atomic mass is 19.1. The van der Waals surface area contributed by atoms with Gasteiger partial charge in [-0.25, -0.2) is 9.18 Å². The normalized spacial score (nSPS) is 12.5. The van der Waals surface area contributed by atoms with Crippen LogP contribution in [0.15, 0.2) is 48.5 Å². The Labute approximate surface area is 146 Å². The van der Waals surface area contributed by atoms with Gasteiger partial charge in [0.05, 0.1) is 0 Å². The first-order valence-electron chi connectivity index (χ1n) is 8.05. The Morgan fingerprint density at radius 1 is 1.12 bits per heavy atom. The molecule has 4 nitrogen and oxygen atoms in total. The molecule has 25 heavy (non-hydrogen) atoms. The van der Waals surface area contributed by atoms with Crippen molar-refractivity contribution in [2.45, 2.75) is 38.6 Å². The molecule has 0 unspecified atom stereocenters. The van der Waals surface area contributed by atoms with E-state index in [1.165, 1.54) is 18.2 Å². The van der Waals surface area contributed by atoms with Crippen LogP contribution in [0.1, 0.15) is 42.3 Å². The number of carboxylic acid groups (broad SMARTS) is 1. The molecule has 0 fully saturated rings. The standard InChI is InChI=1S/C20H22FNO3/c1-20(2,3)15-9-7-14(8-10-15)18(23)22-17(19(24)25)12-13-5-4-6-16(21)11-13/h4-11,17H,12H2,1-3H3,(H,22,23)(H,24,25)/t17-/m0/s1. The van der Waals surface area contributed by atoms with Gasteiger partial charge in [-0.1, -0.05) is 45.0 Å². The lowest BCUT2D eigenvalue weighted by molar-refractivity contribution is -0.139. The molecule has 2 rings (SSSR count). The first-order chi connectivity index (χ1) is 11.7. The van der Waals surface area contributed by atoms with Crippen LogP contribution in [0.25, 0.3) is 0 Å². The van der Waals surface area contributed by atoms with Gasteiger partial charge in [0.25, 0.3) is 5.91 Å². The third kappa shape index (κ3) is 5.14. The molecule has 0 saturated heterocycles. The Balaban J connectivity index is 2.11. The summed E-state index contributed by atoms with van der Waals surface area (Å²) in [5, 5.41) is 11.8. The quantitative estimate of drug-likeness (QED) is 0.872. The highest BCUT2D eigenvalue weighted by Crippen LogP contribution is 2.22. The summed E-state index contributed by atoms with van der Waals surface area (Å²) in [6.07, 6.45) is 0.0128. The van der Waals surface area contributed by atoms with Crippen LogP contribution in [0.2, 0.25) is 0 Å². The van der Waals surface area contributed by atoms with Crippen LogP contribution in [-0.4, -0.2) is 23.0 Å². The number of amides is 1. The molecule has 0 heterocycles. The summed E-state index contributed by atoms with van der Waals surface area (Å²) in [5.41, 5.74) is 1.95. The van der Waals surface area contributed by atoms with Crippen molar-refractivity contribution in [1.82, 2.24) is 5.32 Å². The average Bonchev–Trinajstić information content (AvgIpc) is 2.53. The maximum Gasteiger partial charge on any atom is 0.326 e. The Hall–Kier alpha value is -2.69. The zero-order valence-corrected chi connectivity index (χ0v) is 14.5. The number of carboxylic acids is 1. The second-order valence-corrected chi connectivity index (χ2v) is 7.03. The van der Waals surface area contributed by atoms with Gasteiger partial charge < -0.3 is 10.4 Å². The molecule has 0 aliphatic heterocycles. The number of halogens is 1. The van der Waals surface area contributed by atoms with Crippen LogP contribution >= 0.6 is 0 Å². The van der Waals surface area contributed by atoms with Crippen molar-refractivity contribution >= 4 is 11.9 Å². The number of carbonyl (C=O) groups excluding carboxylic acids is 1. The second-order valence-electron chi connectivity index (χ2n) is 7.03. The number of nitrogens with one attached hydrogen (secondary N) is 1. The SMILES string of the molecule is CC(C)(C)c1ccc(C(=O)N[C@@H](Cc2cccc(F)c2)C(=O)O)cc1. The van der Waals surface area contributed by atoms with Gasteiger partial charge >= 0.3 is 5.97 Å². The van der Waals surface area contributed by atoms with Crippen molar-refractivity contribution in [3.05, 3.63) is 71.0 Å². The highest BCUT2D eigenvalue weighted by Gasteiger charge is 2.22. The van der Waals surface area contributed by atoms with Gasteiger partial charge in [0.2, 0.25) is 0 Å². The molecule has 0 aliphatic rings. The minimum atomic E-state index is -1.16. The fourth-order valence-corrected chi connectivity index (χ4v) is 2.46. The molecule has 1 amide bonds. The van der Waals surface area contributed by atoms with Gasteiger partial charge in [-0.3, -0.25) is 4.79 Å². The monoisotopic (exact) mass is 343 g/mol. The molecule has 0 radical (unpaired) electrons. The summed E-state index contributed by atoms with van der Waals surface area (Å²) in [6, 6.07) is 11.6. The summed E-state index contributed by atoms with van der Waals surface area (Å²) in [7, 11) is 0. The van der Waals surface area contributed by atoms with E-state index >= 15 is 0 Å². The number of rotatable bonds is 5. The minimum absolute atomic E-state index is 0.0128. The number of hydrogen-bond donors (Lipinski definition) is 2. The summed E-state index contributed by atoms with van der Waals surface area (Å²) in [5.74, 6) is -2.07. The van der Waals surface area contributed by atoms with Crippen molar-refractivity contribution in [3.8, 4) is 0 Å². The highest BCUT2D eigenvalue weighted by molar-refractivity contribution is 5.96. The summed E-state index contributed by atoms with van der Waals surface area (Å²) >= 11 is 0. The van der Waals surface area contributed by atoms with E-state index in [-0.39, 0.29) is 11.8 Å². The maximum atomic E-state index is 13.2. The zero-order valence-electron chi connectivity index (χ0n) is 14.5. The smallest absolute Gasteiger partial charge is 0.326 e. The Bertz CT molecular complexity index is 763. The first-order valence-corrected chi connectivity index (χ1v) is 8.05. The number of benzene rings is 2. The molecule has 0 spiro atoms. The molecule has 5 heteroatoms. The first kappa shape index (κ1) is 18.6. The number of hydrogen-bond acceptors (Lipinski definition) is 2. The Morgan fingerprint density at radius 2 is 1.76 bits per heavy atom. The minimum Gasteiger partial charge on any atom is -0.480 e. The lowest BCUT2D eigenvalue weighted by Gasteiger charge is -2.19. The third-order valence-corrected chi connectivity index (χ3v) is 3.95. The summed E-state index contributed by atoms with van der Waals surface area (Å²) in [6.45, 7) is 6.21. The van der Waals surface area contributed by atoms with Crippen LogP contribution in [0, 0.1) is 5.82 Å². The summed E-state index contributed by atoms with van der Waals surface area (Å²) < 4.78 is 13.2. The van der Waals surface area contributed by atoms with Crippen LogP contribution in [-0.2, 0) is 16.6 Å². The number of carbonyl (C=O) groups is 2. The fraction of sp³-hybridized carbons (Fsp3) is 0.300. The van der Waals surface area contributed by atoms with Crippen molar-refractivity contribution in [3.63, 3.8) is 0 Å². The molecule has 0 saturated carbocycles. The van der Waals surface area contributed by atoms with E-state index in [0.717, 1.165) is 5.56 Å². The topological polar surface area (TPSA) is 66.4 Å². The molecule has 2 aromatic carbocycles. The van der Waals surface area contributed by atoms with E-state index in [0.29, 0.717) is 11.1 Å². The Kier molecular flexibility index (Phi) is 5.57. The predicted molar refractivity (Wildman–Crippen MR) is 94.1 cm³/mol. The maximum absolute atomic E-state index is 13.2. The van der Waals surface area contributed by atoms with E-state index in [9.17, 15) is 19.1 Å².